The number of nitrogens with zero attached hydrogens (tertiary/aromatic N) is 5. The third kappa shape index (κ3) is 4.69. The average Bonchev–Trinajstić information content (AvgIpc) is 3.42. The Morgan fingerprint density at radius 1 is 0.974 bits per heavy atom. The van der Waals surface area contributed by atoms with Crippen LogP contribution in [0.4, 0.5) is 11.6 Å². The van der Waals surface area contributed by atoms with Gasteiger partial charge in [-0.1, -0.05) is 47.5 Å². The van der Waals surface area contributed by atoms with E-state index >= 15 is 0 Å². The lowest BCUT2D eigenvalue weighted by molar-refractivity contribution is -0.124. The van der Waals surface area contributed by atoms with E-state index in [2.05, 4.69) is 15.0 Å². The highest BCUT2D eigenvalue weighted by molar-refractivity contribution is 7.91. The summed E-state index contributed by atoms with van der Waals surface area (Å²) >= 11 is 12.5. The molecule has 0 fully saturated rings. The molecule has 2 aromatic heterocycles. The van der Waals surface area contributed by atoms with E-state index in [4.69, 9.17) is 23.2 Å². The summed E-state index contributed by atoms with van der Waals surface area (Å²) in [4.78, 5) is 27.9. The number of amides is 1. The van der Waals surface area contributed by atoms with Crippen LogP contribution in [0, 0.1) is 0 Å². The van der Waals surface area contributed by atoms with E-state index in [-0.39, 0.29) is 42.1 Å². The Morgan fingerprint density at radius 3 is 2.26 bits per heavy atom. The zero-order valence-electron chi connectivity index (χ0n) is 20.3. The molecule has 5 rings (SSSR count). The fraction of sp³-hybridized carbons (Fsp3) is 0.231. The predicted molar refractivity (Wildman–Crippen MR) is 144 cm³/mol. The molecule has 1 aliphatic rings. The highest BCUT2D eigenvalue weighted by Gasteiger charge is 2.51. The first-order valence-electron chi connectivity index (χ1n) is 11.7. The molecule has 196 valence electrons. The second kappa shape index (κ2) is 10.1. The van der Waals surface area contributed by atoms with Gasteiger partial charge in [-0.25, -0.2) is 28.3 Å². The van der Waals surface area contributed by atoms with Crippen molar-refractivity contribution in [1.82, 2.24) is 19.5 Å². The van der Waals surface area contributed by atoms with E-state index in [1.807, 2.05) is 24.3 Å². The van der Waals surface area contributed by atoms with Crippen molar-refractivity contribution in [2.24, 2.45) is 0 Å². The summed E-state index contributed by atoms with van der Waals surface area (Å²) in [6.45, 7) is 1.42. The maximum absolute atomic E-state index is 14.1. The quantitative estimate of drug-likeness (QED) is 0.332. The predicted octanol–water partition coefficient (Wildman–Crippen LogP) is 4.44. The van der Waals surface area contributed by atoms with E-state index in [0.29, 0.717) is 15.7 Å². The first-order valence-corrected chi connectivity index (χ1v) is 14.1. The number of benzene rings is 2. The molecule has 1 amide bonds. The van der Waals surface area contributed by atoms with E-state index in [0.717, 1.165) is 16.7 Å². The lowest BCUT2D eigenvalue weighted by Crippen LogP contribution is -2.42. The minimum atomic E-state index is -3.86. The number of aliphatic hydroxyl groups excluding tert-OH is 1. The maximum Gasteiger partial charge on any atom is 0.260 e. The van der Waals surface area contributed by atoms with Crippen LogP contribution in [-0.4, -0.2) is 51.3 Å². The Hall–Kier alpha value is -3.31. The molecule has 0 radical (unpaired) electrons. The lowest BCUT2D eigenvalue weighted by Gasteiger charge is -2.26. The number of fused-ring (bicyclic) bond motifs is 1. The number of aromatic nitrogens is 4. The van der Waals surface area contributed by atoms with Gasteiger partial charge >= 0.3 is 0 Å². The normalized spacial score (nSPS) is 17.2. The van der Waals surface area contributed by atoms with Crippen molar-refractivity contribution in [1.29, 1.82) is 0 Å². The highest BCUT2D eigenvalue weighted by atomic mass is 35.5. The number of carbonyl (C=O) groups excluding carboxylic acids is 1. The standard InChI is InChI=1S/C26H23Cl2N5O4S/c1-26(12-17-3-5-18(6-4-17)19-13-29-16-30-14-19)24(35)32(22-10-20(27)9-21(28)11-22)25-31-15-23(33(25)26)38(36,37)8-2-7-34/h3-6,9-11,13-16,34H,2,7-8,12H2,1H3/t26-/m1/s1. The molecule has 38 heavy (non-hydrogen) atoms. The molecule has 0 saturated heterocycles. The van der Waals surface area contributed by atoms with Crippen LogP contribution in [0.5, 0.6) is 0 Å². The van der Waals surface area contributed by atoms with Crippen LogP contribution >= 0.6 is 23.2 Å². The molecule has 4 aromatic rings. The Balaban J connectivity index is 1.60. The van der Waals surface area contributed by atoms with Gasteiger partial charge in [0.05, 0.1) is 17.6 Å². The fourth-order valence-electron chi connectivity index (χ4n) is 4.67. The smallest absolute Gasteiger partial charge is 0.260 e. The highest BCUT2D eigenvalue weighted by Crippen LogP contribution is 2.44. The number of anilines is 2. The number of rotatable bonds is 8. The topological polar surface area (TPSA) is 118 Å². The number of hydrogen-bond acceptors (Lipinski definition) is 7. The molecule has 9 nitrogen and oxygen atoms in total. The second-order valence-corrected chi connectivity index (χ2v) is 12.1. The molecule has 12 heteroatoms. The molecule has 0 saturated carbocycles. The monoisotopic (exact) mass is 571 g/mol. The summed E-state index contributed by atoms with van der Waals surface area (Å²) in [5.41, 5.74) is 1.61. The summed E-state index contributed by atoms with van der Waals surface area (Å²) in [6.07, 6.45) is 6.38. The molecule has 3 heterocycles. The molecular formula is C26H23Cl2N5O4S. The maximum atomic E-state index is 14.1. The summed E-state index contributed by atoms with van der Waals surface area (Å²) in [5, 5.41) is 9.78. The van der Waals surface area contributed by atoms with E-state index in [1.165, 1.54) is 22.0 Å². The molecule has 0 unspecified atom stereocenters. The third-order valence-corrected chi connectivity index (χ3v) is 8.65. The Kier molecular flexibility index (Phi) is 6.99. The molecule has 1 N–H and O–H groups in total. The SMILES string of the molecule is C[C@@]1(Cc2ccc(-c3cncnc3)cc2)C(=O)N(c2cc(Cl)cc(Cl)c2)c2ncc(S(=O)(=O)CCCO)n21. The minimum absolute atomic E-state index is 0.0613. The van der Waals surface area contributed by atoms with Crippen molar-refractivity contribution in [3.8, 4) is 11.1 Å². The van der Waals surface area contributed by atoms with Crippen LogP contribution in [-0.2, 0) is 26.6 Å². The van der Waals surface area contributed by atoms with Crippen LogP contribution < -0.4 is 4.90 Å². The minimum Gasteiger partial charge on any atom is -0.396 e. The van der Waals surface area contributed by atoms with Gasteiger partial charge in [0.15, 0.2) is 14.9 Å². The van der Waals surface area contributed by atoms with Gasteiger partial charge in [-0.3, -0.25) is 9.36 Å². The number of imidazole rings is 1. The summed E-state index contributed by atoms with van der Waals surface area (Å²) in [6, 6.07) is 12.3. The lowest BCUT2D eigenvalue weighted by atomic mass is 9.91. The number of carbonyl (C=O) groups is 1. The number of hydrogen-bond donors (Lipinski definition) is 1. The molecule has 0 aliphatic carbocycles. The third-order valence-electron chi connectivity index (χ3n) is 6.46. The van der Waals surface area contributed by atoms with Gasteiger partial charge < -0.3 is 5.11 Å². The molecule has 0 spiro atoms. The zero-order valence-corrected chi connectivity index (χ0v) is 22.6. The fourth-order valence-corrected chi connectivity index (χ4v) is 6.68. The van der Waals surface area contributed by atoms with Crippen molar-refractivity contribution < 1.29 is 18.3 Å². The van der Waals surface area contributed by atoms with Crippen LogP contribution in [0.2, 0.25) is 10.0 Å². The van der Waals surface area contributed by atoms with Crippen molar-refractivity contribution in [2.45, 2.75) is 30.3 Å². The van der Waals surface area contributed by atoms with Crippen molar-refractivity contribution in [3.05, 3.63) is 83.0 Å². The Labute approximate surface area is 229 Å². The Morgan fingerprint density at radius 2 is 1.63 bits per heavy atom. The molecule has 1 atom stereocenters. The summed E-state index contributed by atoms with van der Waals surface area (Å²) in [7, 11) is -3.86. The van der Waals surface area contributed by atoms with Gasteiger partial charge in [-0.15, -0.1) is 0 Å². The number of sulfone groups is 1. The van der Waals surface area contributed by atoms with Crippen LogP contribution in [0.1, 0.15) is 18.9 Å². The summed E-state index contributed by atoms with van der Waals surface area (Å²) in [5.74, 6) is -0.509. The molecule has 2 aromatic carbocycles. The van der Waals surface area contributed by atoms with E-state index < -0.39 is 15.4 Å². The first-order chi connectivity index (χ1) is 18.1. The van der Waals surface area contributed by atoms with Crippen molar-refractivity contribution in [3.63, 3.8) is 0 Å². The number of halogens is 2. The van der Waals surface area contributed by atoms with E-state index in [9.17, 15) is 18.3 Å². The van der Waals surface area contributed by atoms with Crippen molar-refractivity contribution >= 4 is 50.6 Å². The van der Waals surface area contributed by atoms with Crippen LogP contribution in [0.3, 0.4) is 0 Å². The molecule has 0 bridgehead atoms. The Bertz CT molecular complexity index is 1590. The van der Waals surface area contributed by atoms with Crippen LogP contribution in [0.15, 0.2) is 72.4 Å². The number of aliphatic hydroxyl groups is 1. The van der Waals surface area contributed by atoms with Gasteiger partial charge in [0.25, 0.3) is 5.91 Å². The van der Waals surface area contributed by atoms with E-state index in [1.54, 1.807) is 37.5 Å². The van der Waals surface area contributed by atoms with Crippen LogP contribution in [0.25, 0.3) is 11.1 Å². The zero-order chi connectivity index (χ0) is 27.1. The average molecular weight is 572 g/mol. The van der Waals surface area contributed by atoms with Gasteiger partial charge in [-0.05, 0) is 42.7 Å². The molecule has 1 aliphatic heterocycles. The van der Waals surface area contributed by atoms with Gasteiger partial charge in [-0.2, -0.15) is 0 Å². The first kappa shape index (κ1) is 26.3. The molecular weight excluding hydrogens is 549 g/mol. The van der Waals surface area contributed by atoms with Crippen molar-refractivity contribution in [2.75, 3.05) is 17.3 Å². The van der Waals surface area contributed by atoms with Gasteiger partial charge in [0.2, 0.25) is 5.95 Å². The van der Waals surface area contributed by atoms with Gasteiger partial charge in [0.1, 0.15) is 11.9 Å². The summed E-state index contributed by atoms with van der Waals surface area (Å²) < 4.78 is 28.0. The second-order valence-electron chi connectivity index (χ2n) is 9.17. The van der Waals surface area contributed by atoms with Gasteiger partial charge in [0, 0.05) is 41.0 Å². The largest absolute Gasteiger partial charge is 0.396 e.